The van der Waals surface area contributed by atoms with Crippen LogP contribution in [0.3, 0.4) is 0 Å². The lowest BCUT2D eigenvalue weighted by molar-refractivity contribution is 0.268. The first-order valence-electron chi connectivity index (χ1n) is 5.87. The molecule has 0 aromatic heterocycles. The fourth-order valence-electron chi connectivity index (χ4n) is 2.41. The van der Waals surface area contributed by atoms with Crippen LogP contribution in [0, 0.1) is 17.2 Å². The van der Waals surface area contributed by atoms with E-state index in [2.05, 4.69) is 25.2 Å². The van der Waals surface area contributed by atoms with Crippen molar-refractivity contribution in [1.29, 1.82) is 5.26 Å². The standard InChI is InChI=1S/C12H22N2/c1-10(8-9-13)14-11(2)12-6-4-3-5-7-12/h10-12,14H,3-8H2,1-2H3/t10?,11-/m0/s1. The summed E-state index contributed by atoms with van der Waals surface area (Å²) in [7, 11) is 0. The van der Waals surface area contributed by atoms with Crippen LogP contribution in [-0.4, -0.2) is 12.1 Å². The molecule has 1 rings (SSSR count). The lowest BCUT2D eigenvalue weighted by Crippen LogP contribution is -2.40. The van der Waals surface area contributed by atoms with Crippen LogP contribution in [0.4, 0.5) is 0 Å². The Labute approximate surface area is 87.7 Å². The number of hydrogen-bond acceptors (Lipinski definition) is 2. The van der Waals surface area contributed by atoms with Crippen molar-refractivity contribution in [2.45, 2.75) is 64.5 Å². The van der Waals surface area contributed by atoms with Crippen LogP contribution >= 0.6 is 0 Å². The lowest BCUT2D eigenvalue weighted by atomic mass is 9.84. The minimum atomic E-state index is 0.344. The highest BCUT2D eigenvalue weighted by atomic mass is 14.9. The van der Waals surface area contributed by atoms with E-state index in [1.54, 1.807) is 0 Å². The smallest absolute Gasteiger partial charge is 0.0638 e. The van der Waals surface area contributed by atoms with E-state index in [1.165, 1.54) is 32.1 Å². The summed E-state index contributed by atoms with van der Waals surface area (Å²) in [5.41, 5.74) is 0. The normalized spacial score (nSPS) is 22.6. The van der Waals surface area contributed by atoms with Gasteiger partial charge in [0, 0.05) is 12.1 Å². The Morgan fingerprint density at radius 1 is 1.29 bits per heavy atom. The van der Waals surface area contributed by atoms with Crippen LogP contribution in [0.5, 0.6) is 0 Å². The van der Waals surface area contributed by atoms with E-state index in [9.17, 15) is 0 Å². The molecule has 0 radical (unpaired) electrons. The summed E-state index contributed by atoms with van der Waals surface area (Å²) in [6.45, 7) is 4.37. The molecule has 0 spiro atoms. The highest BCUT2D eigenvalue weighted by Gasteiger charge is 2.20. The Morgan fingerprint density at radius 3 is 2.50 bits per heavy atom. The fraction of sp³-hybridized carbons (Fsp3) is 0.917. The average Bonchev–Trinajstić information content (AvgIpc) is 2.19. The summed E-state index contributed by atoms with van der Waals surface area (Å²) in [5, 5.41) is 12.1. The molecule has 1 fully saturated rings. The van der Waals surface area contributed by atoms with Gasteiger partial charge in [0.05, 0.1) is 12.5 Å². The van der Waals surface area contributed by atoms with Gasteiger partial charge in [-0.05, 0) is 32.6 Å². The first-order chi connectivity index (χ1) is 6.74. The van der Waals surface area contributed by atoms with E-state index in [4.69, 9.17) is 5.26 Å². The topological polar surface area (TPSA) is 35.8 Å². The Hall–Kier alpha value is -0.550. The fourth-order valence-corrected chi connectivity index (χ4v) is 2.41. The van der Waals surface area contributed by atoms with Gasteiger partial charge in [-0.1, -0.05) is 19.3 Å². The summed E-state index contributed by atoms with van der Waals surface area (Å²) in [6.07, 6.45) is 7.56. The van der Waals surface area contributed by atoms with Gasteiger partial charge in [0.1, 0.15) is 0 Å². The molecule has 1 unspecified atom stereocenters. The van der Waals surface area contributed by atoms with Crippen molar-refractivity contribution in [3.05, 3.63) is 0 Å². The van der Waals surface area contributed by atoms with Gasteiger partial charge >= 0.3 is 0 Å². The van der Waals surface area contributed by atoms with E-state index in [0.29, 0.717) is 18.5 Å². The zero-order valence-corrected chi connectivity index (χ0v) is 9.42. The van der Waals surface area contributed by atoms with E-state index in [1.807, 2.05) is 0 Å². The van der Waals surface area contributed by atoms with Gasteiger partial charge in [-0.25, -0.2) is 0 Å². The van der Waals surface area contributed by atoms with Crippen LogP contribution in [0.15, 0.2) is 0 Å². The minimum Gasteiger partial charge on any atom is -0.310 e. The molecule has 0 amide bonds. The molecule has 0 aromatic carbocycles. The zero-order valence-electron chi connectivity index (χ0n) is 9.42. The van der Waals surface area contributed by atoms with Gasteiger partial charge in [0.25, 0.3) is 0 Å². The van der Waals surface area contributed by atoms with Gasteiger partial charge < -0.3 is 5.32 Å². The molecule has 2 heteroatoms. The number of rotatable bonds is 4. The number of hydrogen-bond donors (Lipinski definition) is 1. The third-order valence-electron chi connectivity index (χ3n) is 3.30. The minimum absolute atomic E-state index is 0.344. The molecule has 0 aliphatic heterocycles. The van der Waals surface area contributed by atoms with Crippen LogP contribution in [0.1, 0.15) is 52.4 Å². The molecule has 0 bridgehead atoms. The van der Waals surface area contributed by atoms with Crippen molar-refractivity contribution in [3.8, 4) is 6.07 Å². The Bertz CT molecular complexity index is 189. The molecule has 1 aliphatic rings. The molecule has 1 N–H and O–H groups in total. The molecule has 1 aliphatic carbocycles. The molecule has 0 saturated heterocycles. The van der Waals surface area contributed by atoms with Gasteiger partial charge in [0.15, 0.2) is 0 Å². The molecule has 1 saturated carbocycles. The van der Waals surface area contributed by atoms with Crippen molar-refractivity contribution in [1.82, 2.24) is 5.32 Å². The van der Waals surface area contributed by atoms with Gasteiger partial charge in [0.2, 0.25) is 0 Å². The predicted molar refractivity (Wildman–Crippen MR) is 58.9 cm³/mol. The summed E-state index contributed by atoms with van der Waals surface area (Å²) in [5.74, 6) is 0.838. The highest BCUT2D eigenvalue weighted by Crippen LogP contribution is 2.26. The maximum atomic E-state index is 8.57. The first kappa shape index (κ1) is 11.5. The summed E-state index contributed by atoms with van der Waals surface area (Å²) < 4.78 is 0. The van der Waals surface area contributed by atoms with E-state index in [0.717, 1.165) is 5.92 Å². The summed E-state index contributed by atoms with van der Waals surface area (Å²) in [6, 6.07) is 3.14. The Morgan fingerprint density at radius 2 is 1.93 bits per heavy atom. The second-order valence-corrected chi connectivity index (χ2v) is 4.62. The van der Waals surface area contributed by atoms with Crippen LogP contribution < -0.4 is 5.32 Å². The monoisotopic (exact) mass is 194 g/mol. The zero-order chi connectivity index (χ0) is 10.4. The first-order valence-corrected chi connectivity index (χ1v) is 5.87. The SMILES string of the molecule is CC(CC#N)N[C@@H](C)C1CCCCC1. The molecule has 0 aromatic rings. The average molecular weight is 194 g/mol. The van der Waals surface area contributed by atoms with Crippen molar-refractivity contribution in [2.75, 3.05) is 0 Å². The largest absolute Gasteiger partial charge is 0.310 e. The van der Waals surface area contributed by atoms with Crippen LogP contribution in [0.2, 0.25) is 0 Å². The van der Waals surface area contributed by atoms with E-state index >= 15 is 0 Å². The highest BCUT2D eigenvalue weighted by molar-refractivity contribution is 4.82. The van der Waals surface area contributed by atoms with Crippen molar-refractivity contribution in [3.63, 3.8) is 0 Å². The van der Waals surface area contributed by atoms with Crippen LogP contribution in [0.25, 0.3) is 0 Å². The van der Waals surface area contributed by atoms with Gasteiger partial charge in [-0.2, -0.15) is 5.26 Å². The summed E-state index contributed by atoms with van der Waals surface area (Å²) >= 11 is 0. The van der Waals surface area contributed by atoms with Crippen LogP contribution in [-0.2, 0) is 0 Å². The molecular weight excluding hydrogens is 172 g/mol. The number of nitrogens with one attached hydrogen (secondary N) is 1. The second-order valence-electron chi connectivity index (χ2n) is 4.62. The third-order valence-corrected chi connectivity index (χ3v) is 3.30. The lowest BCUT2D eigenvalue weighted by Gasteiger charge is -2.30. The number of nitriles is 1. The molecular formula is C12H22N2. The second kappa shape index (κ2) is 6.03. The molecule has 14 heavy (non-hydrogen) atoms. The molecule has 80 valence electrons. The van der Waals surface area contributed by atoms with Crippen molar-refractivity contribution in [2.24, 2.45) is 5.92 Å². The maximum absolute atomic E-state index is 8.57. The maximum Gasteiger partial charge on any atom is 0.0638 e. The predicted octanol–water partition coefficient (Wildman–Crippen LogP) is 2.85. The number of nitrogens with zero attached hydrogens (tertiary/aromatic N) is 1. The van der Waals surface area contributed by atoms with Gasteiger partial charge in [-0.3, -0.25) is 0 Å². The van der Waals surface area contributed by atoms with Crippen molar-refractivity contribution < 1.29 is 0 Å². The summed E-state index contributed by atoms with van der Waals surface area (Å²) in [4.78, 5) is 0. The molecule has 0 heterocycles. The van der Waals surface area contributed by atoms with Crippen molar-refractivity contribution >= 4 is 0 Å². The Kier molecular flexibility index (Phi) is 4.97. The quantitative estimate of drug-likeness (QED) is 0.747. The van der Waals surface area contributed by atoms with E-state index in [-0.39, 0.29) is 0 Å². The molecule has 2 atom stereocenters. The Balaban J connectivity index is 2.25. The van der Waals surface area contributed by atoms with Gasteiger partial charge in [-0.15, -0.1) is 0 Å². The third kappa shape index (κ3) is 3.67. The molecule has 2 nitrogen and oxygen atoms in total. The van der Waals surface area contributed by atoms with E-state index < -0.39 is 0 Å².